The molecule has 0 saturated carbocycles. The lowest BCUT2D eigenvalue weighted by Gasteiger charge is -2.33. The number of nitrogens with one attached hydrogen (secondary N) is 1. The maximum absolute atomic E-state index is 5.49. The second-order valence-electron chi connectivity index (χ2n) is 6.61. The number of fused-ring (bicyclic) bond motifs is 2. The van der Waals surface area contributed by atoms with Gasteiger partial charge in [-0.3, -0.25) is 15.4 Å². The SMILES string of the molecule is CC1=c2ncc3c4c(ccc-4c2NN=C1)=NN(C1CCOCC1)C3. The van der Waals surface area contributed by atoms with Crippen LogP contribution in [0.25, 0.3) is 16.7 Å². The molecule has 1 fully saturated rings. The third kappa shape index (κ3) is 2.03. The van der Waals surface area contributed by atoms with Crippen LogP contribution in [0.4, 0.5) is 5.69 Å². The first-order chi connectivity index (χ1) is 11.8. The van der Waals surface area contributed by atoms with Crippen LogP contribution in [0.2, 0.25) is 0 Å². The van der Waals surface area contributed by atoms with Gasteiger partial charge in [0.15, 0.2) is 0 Å². The molecular formula is C18H19N5O. The summed E-state index contributed by atoms with van der Waals surface area (Å²) in [5.41, 5.74) is 8.78. The Labute approximate surface area is 139 Å². The van der Waals surface area contributed by atoms with Crippen molar-refractivity contribution in [2.75, 3.05) is 18.6 Å². The summed E-state index contributed by atoms with van der Waals surface area (Å²) in [7, 11) is 0. The second kappa shape index (κ2) is 5.27. The van der Waals surface area contributed by atoms with E-state index in [2.05, 4.69) is 27.7 Å². The number of hydrogen-bond acceptors (Lipinski definition) is 6. The van der Waals surface area contributed by atoms with Gasteiger partial charge >= 0.3 is 0 Å². The Morgan fingerprint density at radius 1 is 1.25 bits per heavy atom. The van der Waals surface area contributed by atoms with Crippen molar-refractivity contribution in [3.05, 3.63) is 34.6 Å². The Balaban J connectivity index is 1.68. The lowest BCUT2D eigenvalue weighted by molar-refractivity contribution is 0.0293. The molecule has 0 unspecified atom stereocenters. The average Bonchev–Trinajstić information content (AvgIpc) is 2.97. The lowest BCUT2D eigenvalue weighted by Crippen LogP contribution is -2.38. The summed E-state index contributed by atoms with van der Waals surface area (Å²) in [6, 6.07) is 4.69. The van der Waals surface area contributed by atoms with Gasteiger partial charge in [0, 0.05) is 36.1 Å². The number of ether oxygens (including phenoxy) is 1. The van der Waals surface area contributed by atoms with Crippen molar-refractivity contribution in [1.29, 1.82) is 0 Å². The fourth-order valence-electron chi connectivity index (χ4n) is 3.82. The molecular weight excluding hydrogens is 302 g/mol. The van der Waals surface area contributed by atoms with Crippen LogP contribution in [0.15, 0.2) is 28.5 Å². The van der Waals surface area contributed by atoms with Crippen LogP contribution in [-0.2, 0) is 11.3 Å². The number of aromatic nitrogens is 1. The van der Waals surface area contributed by atoms with E-state index in [0.29, 0.717) is 6.04 Å². The standard InChI is InChI=1S/C18H19N5O/c1-11-8-20-21-18-14-2-3-15-16(14)12(9-19-17(11)18)10-23(22-15)13-4-6-24-7-5-13/h2-3,8-9,13,21H,4-7,10H2,1H3. The average molecular weight is 321 g/mol. The maximum atomic E-state index is 5.49. The van der Waals surface area contributed by atoms with E-state index in [4.69, 9.17) is 14.8 Å². The van der Waals surface area contributed by atoms with E-state index in [9.17, 15) is 0 Å². The van der Waals surface area contributed by atoms with Gasteiger partial charge in [0.2, 0.25) is 0 Å². The van der Waals surface area contributed by atoms with Crippen LogP contribution in [0, 0.1) is 0 Å². The van der Waals surface area contributed by atoms with Crippen LogP contribution in [0.1, 0.15) is 25.3 Å². The first-order valence-electron chi connectivity index (χ1n) is 8.45. The minimum atomic E-state index is 0.451. The number of anilines is 1. The number of hydrazone groups is 1. The van der Waals surface area contributed by atoms with Crippen molar-refractivity contribution in [1.82, 2.24) is 9.99 Å². The molecule has 0 aromatic rings. The van der Waals surface area contributed by atoms with Crippen LogP contribution < -0.4 is 16.1 Å². The van der Waals surface area contributed by atoms with Crippen molar-refractivity contribution < 1.29 is 4.74 Å². The second-order valence-corrected chi connectivity index (χ2v) is 6.61. The molecule has 4 aliphatic heterocycles. The summed E-state index contributed by atoms with van der Waals surface area (Å²) in [6.45, 7) is 4.50. The molecule has 1 aliphatic carbocycles. The van der Waals surface area contributed by atoms with Crippen LogP contribution in [0.5, 0.6) is 0 Å². The highest BCUT2D eigenvalue weighted by Gasteiger charge is 2.27. The molecule has 0 radical (unpaired) electrons. The van der Waals surface area contributed by atoms with Gasteiger partial charge < -0.3 is 4.74 Å². The molecule has 6 heteroatoms. The first-order valence-corrected chi connectivity index (χ1v) is 8.45. The van der Waals surface area contributed by atoms with Gasteiger partial charge in [0.25, 0.3) is 0 Å². The quantitative estimate of drug-likeness (QED) is 0.860. The zero-order chi connectivity index (χ0) is 16.1. The molecule has 1 saturated heterocycles. The molecule has 5 rings (SSSR count). The highest BCUT2D eigenvalue weighted by atomic mass is 16.5. The summed E-state index contributed by atoms with van der Waals surface area (Å²) in [5, 5.41) is 13.4. The van der Waals surface area contributed by atoms with Crippen LogP contribution >= 0.6 is 0 Å². The van der Waals surface area contributed by atoms with E-state index < -0.39 is 0 Å². The molecule has 122 valence electrons. The Kier molecular flexibility index (Phi) is 3.06. The molecule has 1 N–H and O–H groups in total. The Morgan fingerprint density at radius 3 is 3.00 bits per heavy atom. The molecule has 5 aliphatic rings. The highest BCUT2D eigenvalue weighted by molar-refractivity contribution is 6.04. The van der Waals surface area contributed by atoms with Gasteiger partial charge in [0.1, 0.15) is 0 Å². The van der Waals surface area contributed by atoms with Crippen LogP contribution in [-0.4, -0.2) is 35.5 Å². The molecule has 0 atom stereocenters. The van der Waals surface area contributed by atoms with E-state index >= 15 is 0 Å². The van der Waals surface area contributed by atoms with Gasteiger partial charge in [-0.25, -0.2) is 0 Å². The lowest BCUT2D eigenvalue weighted by atomic mass is 10.0. The van der Waals surface area contributed by atoms with E-state index in [0.717, 1.165) is 60.1 Å². The molecule has 0 amide bonds. The minimum absolute atomic E-state index is 0.451. The smallest absolute Gasteiger partial charge is 0.0931 e. The molecule has 0 spiro atoms. The third-order valence-corrected chi connectivity index (χ3v) is 5.10. The van der Waals surface area contributed by atoms with Crippen LogP contribution in [0.3, 0.4) is 0 Å². The topological polar surface area (TPSA) is 62.1 Å². The monoisotopic (exact) mass is 321 g/mol. The van der Waals surface area contributed by atoms with E-state index in [1.54, 1.807) is 0 Å². The Morgan fingerprint density at radius 2 is 2.12 bits per heavy atom. The van der Waals surface area contributed by atoms with Gasteiger partial charge in [-0.1, -0.05) is 0 Å². The van der Waals surface area contributed by atoms with Gasteiger partial charge in [-0.2, -0.15) is 10.2 Å². The zero-order valence-corrected chi connectivity index (χ0v) is 13.6. The highest BCUT2D eigenvalue weighted by Crippen LogP contribution is 2.32. The van der Waals surface area contributed by atoms with Crippen molar-refractivity contribution in [2.24, 2.45) is 10.2 Å². The van der Waals surface area contributed by atoms with Gasteiger partial charge in [-0.05, 0) is 37.5 Å². The third-order valence-electron chi connectivity index (χ3n) is 5.10. The number of nitrogens with zero attached hydrogens (tertiary/aromatic N) is 4. The fraction of sp³-hybridized carbons (Fsp3) is 0.389. The minimum Gasteiger partial charge on any atom is -0.381 e. The molecule has 0 bridgehead atoms. The summed E-state index contributed by atoms with van der Waals surface area (Å²) < 4.78 is 5.49. The molecule has 4 heterocycles. The summed E-state index contributed by atoms with van der Waals surface area (Å²) in [4.78, 5) is 4.75. The predicted octanol–water partition coefficient (Wildman–Crippen LogP) is 1.30. The van der Waals surface area contributed by atoms with Crippen molar-refractivity contribution in [3.63, 3.8) is 0 Å². The number of hydrogen-bond donors (Lipinski definition) is 1. The van der Waals surface area contributed by atoms with Crippen molar-refractivity contribution >= 4 is 17.5 Å². The van der Waals surface area contributed by atoms with E-state index in [-0.39, 0.29) is 0 Å². The normalized spacial score (nSPS) is 19.9. The van der Waals surface area contributed by atoms with E-state index in [1.165, 1.54) is 11.1 Å². The fourth-order valence-corrected chi connectivity index (χ4v) is 3.82. The van der Waals surface area contributed by atoms with Gasteiger partial charge in [-0.15, -0.1) is 0 Å². The van der Waals surface area contributed by atoms with Gasteiger partial charge in [0.05, 0.1) is 35.2 Å². The molecule has 0 aromatic carbocycles. The van der Waals surface area contributed by atoms with Crippen molar-refractivity contribution in [3.8, 4) is 11.1 Å². The molecule has 0 aromatic heterocycles. The predicted molar refractivity (Wildman–Crippen MR) is 92.2 cm³/mol. The van der Waals surface area contributed by atoms with E-state index in [1.807, 2.05) is 19.3 Å². The molecule has 24 heavy (non-hydrogen) atoms. The summed E-state index contributed by atoms with van der Waals surface area (Å²) >= 11 is 0. The molecule has 6 nitrogen and oxygen atoms in total. The summed E-state index contributed by atoms with van der Waals surface area (Å²) in [6.07, 6.45) is 5.90. The summed E-state index contributed by atoms with van der Waals surface area (Å²) in [5.74, 6) is 0. The Hall–Kier alpha value is -2.47. The largest absolute Gasteiger partial charge is 0.381 e. The zero-order valence-electron chi connectivity index (χ0n) is 13.6. The first kappa shape index (κ1) is 13.9. The Bertz CT molecular complexity index is 929. The maximum Gasteiger partial charge on any atom is 0.0931 e. The number of rotatable bonds is 1. The van der Waals surface area contributed by atoms with Crippen molar-refractivity contribution in [2.45, 2.75) is 32.4 Å².